The lowest BCUT2D eigenvalue weighted by atomic mass is 10.1. The molecule has 0 unspecified atom stereocenters. The van der Waals surface area contributed by atoms with Gasteiger partial charge in [-0.25, -0.2) is 8.42 Å². The molecule has 0 aliphatic heterocycles. The first-order valence-corrected chi connectivity index (χ1v) is 7.31. The minimum Gasteiger partial charge on any atom is -0.399 e. The molecule has 5 heteroatoms. The molecule has 0 aromatic heterocycles. The van der Waals surface area contributed by atoms with E-state index >= 15 is 0 Å². The highest BCUT2D eigenvalue weighted by atomic mass is 32.2. The van der Waals surface area contributed by atoms with Crippen molar-refractivity contribution in [2.24, 2.45) is 0 Å². The predicted octanol–water partition coefficient (Wildman–Crippen LogP) is 1.21. The smallest absolute Gasteiger partial charge is 0.150 e. The van der Waals surface area contributed by atoms with Crippen LogP contribution in [-0.4, -0.2) is 25.7 Å². The van der Waals surface area contributed by atoms with Crippen LogP contribution in [0.2, 0.25) is 0 Å². The largest absolute Gasteiger partial charge is 0.399 e. The van der Waals surface area contributed by atoms with Crippen LogP contribution in [0.5, 0.6) is 0 Å². The number of sulfone groups is 1. The van der Waals surface area contributed by atoms with Crippen LogP contribution < -0.4 is 5.73 Å². The monoisotopic (exact) mass is 255 g/mol. The van der Waals surface area contributed by atoms with Gasteiger partial charge in [0.2, 0.25) is 0 Å². The van der Waals surface area contributed by atoms with Crippen molar-refractivity contribution in [3.63, 3.8) is 0 Å². The van der Waals surface area contributed by atoms with Crippen molar-refractivity contribution in [3.8, 4) is 0 Å². The van der Waals surface area contributed by atoms with E-state index in [0.29, 0.717) is 5.69 Å². The highest BCUT2D eigenvalue weighted by Crippen LogP contribution is 2.07. The second-order valence-electron chi connectivity index (χ2n) is 3.94. The number of anilines is 1. The van der Waals surface area contributed by atoms with Crippen LogP contribution in [0, 0.1) is 0 Å². The number of Topliss-reactive ketones (excluding diaryl/α,β-unsaturated/α-hetero) is 1. The first-order chi connectivity index (χ1) is 7.93. The summed E-state index contributed by atoms with van der Waals surface area (Å²) >= 11 is 0. The average molecular weight is 255 g/mol. The Kier molecular flexibility index (Phi) is 4.69. The van der Waals surface area contributed by atoms with Crippen molar-refractivity contribution in [2.45, 2.75) is 19.8 Å². The molecule has 4 nitrogen and oxygen atoms in total. The quantitative estimate of drug-likeness (QED) is 0.775. The van der Waals surface area contributed by atoms with Crippen LogP contribution in [0.4, 0.5) is 5.69 Å². The molecule has 0 saturated heterocycles. The molecule has 17 heavy (non-hydrogen) atoms. The number of carbonyl (C=O) groups is 1. The molecule has 0 saturated carbocycles. The van der Waals surface area contributed by atoms with Gasteiger partial charge in [-0.2, -0.15) is 0 Å². The summed E-state index contributed by atoms with van der Waals surface area (Å²) in [4.78, 5) is 11.6. The van der Waals surface area contributed by atoms with Gasteiger partial charge < -0.3 is 5.73 Å². The Bertz CT molecular complexity index is 477. The lowest BCUT2D eigenvalue weighted by Crippen LogP contribution is -2.14. The van der Waals surface area contributed by atoms with E-state index in [2.05, 4.69) is 0 Å². The molecule has 0 radical (unpaired) electrons. The summed E-state index contributed by atoms with van der Waals surface area (Å²) in [5, 5.41) is 0. The number of ketones is 1. The number of nitrogen functional groups attached to an aromatic ring is 1. The fraction of sp³-hybridized carbons (Fsp3) is 0.417. The minimum absolute atomic E-state index is 0.0582. The third kappa shape index (κ3) is 4.99. The van der Waals surface area contributed by atoms with Gasteiger partial charge in [0.25, 0.3) is 0 Å². The summed E-state index contributed by atoms with van der Waals surface area (Å²) in [6.07, 6.45) is 0.347. The molecule has 1 rings (SSSR count). The van der Waals surface area contributed by atoms with Gasteiger partial charge >= 0.3 is 0 Å². The lowest BCUT2D eigenvalue weighted by molar-refractivity contribution is -0.118. The maximum atomic E-state index is 11.6. The Hall–Kier alpha value is -1.36. The summed E-state index contributed by atoms with van der Waals surface area (Å²) < 4.78 is 22.5. The van der Waals surface area contributed by atoms with Gasteiger partial charge in [-0.3, -0.25) is 4.79 Å². The van der Waals surface area contributed by atoms with Gasteiger partial charge in [0.15, 0.2) is 0 Å². The van der Waals surface area contributed by atoms with Crippen LogP contribution >= 0.6 is 0 Å². The Morgan fingerprint density at radius 2 is 1.82 bits per heavy atom. The third-order valence-electron chi connectivity index (χ3n) is 2.51. The van der Waals surface area contributed by atoms with Gasteiger partial charge in [-0.1, -0.05) is 19.1 Å². The van der Waals surface area contributed by atoms with E-state index in [1.165, 1.54) is 0 Å². The summed E-state index contributed by atoms with van der Waals surface area (Å²) in [6.45, 7) is 1.58. The van der Waals surface area contributed by atoms with E-state index in [1.807, 2.05) is 0 Å². The van der Waals surface area contributed by atoms with E-state index in [0.717, 1.165) is 5.56 Å². The second-order valence-corrected chi connectivity index (χ2v) is 6.42. The van der Waals surface area contributed by atoms with Crippen molar-refractivity contribution < 1.29 is 13.2 Å². The molecular formula is C12H17NO3S. The number of nitrogens with two attached hydrogens (primary N) is 1. The molecule has 0 amide bonds. The van der Waals surface area contributed by atoms with Crippen molar-refractivity contribution in [1.29, 1.82) is 0 Å². The summed E-state index contributed by atoms with van der Waals surface area (Å²) in [6, 6.07) is 7.01. The van der Waals surface area contributed by atoms with Crippen LogP contribution in [0.1, 0.15) is 18.9 Å². The highest BCUT2D eigenvalue weighted by Gasteiger charge is 2.11. The predicted molar refractivity (Wildman–Crippen MR) is 68.5 cm³/mol. The minimum atomic E-state index is -3.05. The SMILES string of the molecule is CCS(=O)(=O)CCC(=O)Cc1ccc(N)cc1. The first kappa shape index (κ1) is 13.7. The molecule has 0 heterocycles. The Balaban J connectivity index is 2.48. The van der Waals surface area contributed by atoms with Crippen molar-refractivity contribution >= 4 is 21.3 Å². The fourth-order valence-electron chi connectivity index (χ4n) is 1.37. The van der Waals surface area contributed by atoms with Crippen LogP contribution in [-0.2, 0) is 21.1 Å². The molecule has 0 atom stereocenters. The van der Waals surface area contributed by atoms with E-state index in [-0.39, 0.29) is 30.1 Å². The van der Waals surface area contributed by atoms with Gasteiger partial charge in [0, 0.05) is 24.3 Å². The molecular weight excluding hydrogens is 238 g/mol. The van der Waals surface area contributed by atoms with Crippen molar-refractivity contribution in [1.82, 2.24) is 0 Å². The Morgan fingerprint density at radius 3 is 2.35 bits per heavy atom. The van der Waals surface area contributed by atoms with Crippen LogP contribution in [0.25, 0.3) is 0 Å². The Morgan fingerprint density at radius 1 is 1.24 bits per heavy atom. The van der Waals surface area contributed by atoms with Gasteiger partial charge in [0.1, 0.15) is 15.6 Å². The maximum absolute atomic E-state index is 11.6. The average Bonchev–Trinajstić information content (AvgIpc) is 2.30. The van der Waals surface area contributed by atoms with E-state index < -0.39 is 9.84 Å². The van der Waals surface area contributed by atoms with Crippen molar-refractivity contribution in [3.05, 3.63) is 29.8 Å². The number of carbonyl (C=O) groups excluding carboxylic acids is 1. The summed E-state index contributed by atoms with van der Waals surface area (Å²) in [5.41, 5.74) is 7.03. The third-order valence-corrected chi connectivity index (χ3v) is 4.22. The zero-order valence-corrected chi connectivity index (χ0v) is 10.7. The second kappa shape index (κ2) is 5.82. The van der Waals surface area contributed by atoms with E-state index in [9.17, 15) is 13.2 Å². The molecule has 0 aliphatic carbocycles. The standard InChI is InChI=1S/C12H17NO3S/c1-2-17(15,16)8-7-12(14)9-10-3-5-11(13)6-4-10/h3-6H,2,7-9,13H2,1H3. The van der Waals surface area contributed by atoms with Crippen molar-refractivity contribution in [2.75, 3.05) is 17.2 Å². The van der Waals surface area contributed by atoms with Gasteiger partial charge in [-0.15, -0.1) is 0 Å². The molecule has 1 aromatic carbocycles. The molecule has 0 spiro atoms. The maximum Gasteiger partial charge on any atom is 0.150 e. The first-order valence-electron chi connectivity index (χ1n) is 5.49. The van der Waals surface area contributed by atoms with Crippen LogP contribution in [0.3, 0.4) is 0 Å². The Labute approximate surface area is 102 Å². The molecule has 0 bridgehead atoms. The lowest BCUT2D eigenvalue weighted by Gasteiger charge is -2.02. The molecule has 0 aliphatic rings. The van der Waals surface area contributed by atoms with E-state index in [4.69, 9.17) is 5.73 Å². The normalized spacial score (nSPS) is 11.4. The fourth-order valence-corrected chi connectivity index (χ4v) is 2.19. The molecule has 2 N–H and O–H groups in total. The van der Waals surface area contributed by atoms with Crippen LogP contribution in [0.15, 0.2) is 24.3 Å². The molecule has 0 fully saturated rings. The number of hydrogen-bond acceptors (Lipinski definition) is 4. The number of benzene rings is 1. The molecule has 1 aromatic rings. The topological polar surface area (TPSA) is 77.2 Å². The summed E-state index contributed by atoms with van der Waals surface area (Å²) in [5.74, 6) is -0.0359. The highest BCUT2D eigenvalue weighted by molar-refractivity contribution is 7.91. The van der Waals surface area contributed by atoms with Gasteiger partial charge in [-0.05, 0) is 17.7 Å². The zero-order valence-electron chi connectivity index (χ0n) is 9.85. The zero-order chi connectivity index (χ0) is 12.9. The summed E-state index contributed by atoms with van der Waals surface area (Å²) in [7, 11) is -3.05. The molecule has 94 valence electrons. The van der Waals surface area contributed by atoms with E-state index in [1.54, 1.807) is 31.2 Å². The number of rotatable bonds is 6. The van der Waals surface area contributed by atoms with Gasteiger partial charge in [0.05, 0.1) is 5.75 Å². The number of hydrogen-bond donors (Lipinski definition) is 1.